The van der Waals surface area contributed by atoms with Gasteiger partial charge in [0.05, 0.1) is 21.0 Å². The molecule has 0 bridgehead atoms. The number of rotatable bonds is 7. The van der Waals surface area contributed by atoms with Gasteiger partial charge < -0.3 is 15.1 Å². The normalized spacial score (nSPS) is 11.5. The van der Waals surface area contributed by atoms with Crippen molar-refractivity contribution in [3.8, 4) is 0 Å². The number of aryl methyl sites for hydroxylation is 1. The van der Waals surface area contributed by atoms with Crippen molar-refractivity contribution >= 4 is 38.2 Å². The van der Waals surface area contributed by atoms with Gasteiger partial charge in [0.1, 0.15) is 0 Å². The average molecular weight is 448 g/mol. The highest BCUT2D eigenvalue weighted by molar-refractivity contribution is 7.89. The predicted octanol–water partition coefficient (Wildman–Crippen LogP) is 3.08. The molecular formula is C20H21N3O5S2. The van der Waals surface area contributed by atoms with E-state index in [0.29, 0.717) is 21.0 Å². The smallest absolute Gasteiger partial charge is 0.291 e. The molecule has 0 fully saturated rings. The van der Waals surface area contributed by atoms with Crippen LogP contribution in [0.4, 0.5) is 5.00 Å². The molecule has 30 heavy (non-hydrogen) atoms. The van der Waals surface area contributed by atoms with E-state index in [2.05, 4.69) is 10.6 Å². The molecule has 8 nitrogen and oxygen atoms in total. The van der Waals surface area contributed by atoms with Gasteiger partial charge in [0, 0.05) is 20.6 Å². The summed E-state index contributed by atoms with van der Waals surface area (Å²) in [7, 11) is -0.718. The summed E-state index contributed by atoms with van der Waals surface area (Å²) in [5, 5.41) is 5.96. The Bertz CT molecular complexity index is 1170. The van der Waals surface area contributed by atoms with Gasteiger partial charge in [-0.05, 0) is 42.3 Å². The largest absolute Gasteiger partial charge is 0.459 e. The number of hydrogen-bond acceptors (Lipinski definition) is 6. The van der Waals surface area contributed by atoms with E-state index in [0.717, 1.165) is 15.6 Å². The van der Waals surface area contributed by atoms with Gasteiger partial charge in [-0.2, -0.15) is 0 Å². The maximum Gasteiger partial charge on any atom is 0.291 e. The molecule has 0 saturated heterocycles. The lowest BCUT2D eigenvalue weighted by molar-refractivity contribution is 0.0952. The SMILES string of the molecule is Cc1cc(NC(=O)c2ccco2)sc1C(=O)NCc1ccccc1S(=O)(=O)N(C)C. The second-order valence-electron chi connectivity index (χ2n) is 6.63. The minimum absolute atomic E-state index is 0.0491. The Kier molecular flexibility index (Phi) is 6.40. The van der Waals surface area contributed by atoms with Gasteiger partial charge >= 0.3 is 0 Å². The van der Waals surface area contributed by atoms with Gasteiger partial charge in [0.25, 0.3) is 11.8 Å². The number of sulfonamides is 1. The molecule has 0 spiro atoms. The number of thiophene rings is 1. The molecule has 0 aliphatic carbocycles. The van der Waals surface area contributed by atoms with Crippen LogP contribution in [0.25, 0.3) is 0 Å². The molecular weight excluding hydrogens is 426 g/mol. The Balaban J connectivity index is 1.72. The van der Waals surface area contributed by atoms with Crippen molar-refractivity contribution in [1.29, 1.82) is 0 Å². The number of amides is 2. The molecule has 2 heterocycles. The summed E-state index contributed by atoms with van der Waals surface area (Å²) in [5.74, 6) is -0.588. The first-order valence-electron chi connectivity index (χ1n) is 8.94. The van der Waals surface area contributed by atoms with Gasteiger partial charge in [0.2, 0.25) is 10.0 Å². The van der Waals surface area contributed by atoms with Gasteiger partial charge in [-0.25, -0.2) is 12.7 Å². The van der Waals surface area contributed by atoms with Crippen molar-refractivity contribution in [2.24, 2.45) is 0 Å². The number of furan rings is 1. The van der Waals surface area contributed by atoms with Crippen LogP contribution in [0, 0.1) is 6.92 Å². The van der Waals surface area contributed by atoms with Crippen LogP contribution in [0.2, 0.25) is 0 Å². The van der Waals surface area contributed by atoms with Gasteiger partial charge in [-0.3, -0.25) is 9.59 Å². The van der Waals surface area contributed by atoms with E-state index >= 15 is 0 Å². The van der Waals surface area contributed by atoms with Crippen LogP contribution in [0.5, 0.6) is 0 Å². The lowest BCUT2D eigenvalue weighted by Gasteiger charge is -2.15. The number of carbonyl (C=O) groups is 2. The Morgan fingerprint density at radius 1 is 1.10 bits per heavy atom. The standard InChI is InChI=1S/C20H21N3O5S2/c1-13-11-17(22-19(24)15-8-6-10-28-15)29-18(13)20(25)21-12-14-7-4-5-9-16(14)30(26,27)23(2)3/h4-11H,12H2,1-3H3,(H,21,25)(H,22,24). The predicted molar refractivity (Wildman–Crippen MR) is 114 cm³/mol. The Morgan fingerprint density at radius 2 is 1.83 bits per heavy atom. The summed E-state index contributed by atoms with van der Waals surface area (Å²) in [6.45, 7) is 1.81. The van der Waals surface area contributed by atoms with E-state index in [1.165, 1.54) is 26.4 Å². The summed E-state index contributed by atoms with van der Waals surface area (Å²) in [6.07, 6.45) is 1.40. The highest BCUT2D eigenvalue weighted by Crippen LogP contribution is 2.27. The lowest BCUT2D eigenvalue weighted by Crippen LogP contribution is -2.27. The fourth-order valence-electron chi connectivity index (χ4n) is 2.70. The summed E-state index contributed by atoms with van der Waals surface area (Å²) < 4.78 is 31.2. The quantitative estimate of drug-likeness (QED) is 0.579. The molecule has 0 radical (unpaired) electrons. The Hall–Kier alpha value is -2.95. The fourth-order valence-corrected chi connectivity index (χ4v) is 4.80. The summed E-state index contributed by atoms with van der Waals surface area (Å²) in [6, 6.07) is 11.4. The van der Waals surface area contributed by atoms with Crippen molar-refractivity contribution in [1.82, 2.24) is 9.62 Å². The molecule has 0 saturated carbocycles. The van der Waals surface area contributed by atoms with E-state index in [1.54, 1.807) is 43.3 Å². The van der Waals surface area contributed by atoms with Crippen LogP contribution in [0.1, 0.15) is 31.4 Å². The van der Waals surface area contributed by atoms with E-state index in [9.17, 15) is 18.0 Å². The number of benzene rings is 1. The van der Waals surface area contributed by atoms with Crippen LogP contribution >= 0.6 is 11.3 Å². The first-order chi connectivity index (χ1) is 14.2. The van der Waals surface area contributed by atoms with Crippen molar-refractivity contribution in [2.75, 3.05) is 19.4 Å². The molecule has 2 amide bonds. The molecule has 0 atom stereocenters. The minimum atomic E-state index is -3.63. The first-order valence-corrected chi connectivity index (χ1v) is 11.2. The molecule has 1 aromatic carbocycles. The van der Waals surface area contributed by atoms with Crippen LogP contribution in [0.3, 0.4) is 0 Å². The molecule has 10 heteroatoms. The van der Waals surface area contributed by atoms with E-state index in [4.69, 9.17) is 4.42 Å². The number of hydrogen-bond donors (Lipinski definition) is 2. The molecule has 158 valence electrons. The zero-order valence-electron chi connectivity index (χ0n) is 16.6. The van der Waals surface area contributed by atoms with E-state index in [1.807, 2.05) is 0 Å². The molecule has 0 unspecified atom stereocenters. The topological polar surface area (TPSA) is 109 Å². The van der Waals surface area contributed by atoms with Crippen molar-refractivity contribution in [2.45, 2.75) is 18.4 Å². The van der Waals surface area contributed by atoms with E-state index < -0.39 is 15.9 Å². The third kappa shape index (κ3) is 4.61. The second-order valence-corrected chi connectivity index (χ2v) is 9.80. The lowest BCUT2D eigenvalue weighted by atomic mass is 10.2. The summed E-state index contributed by atoms with van der Waals surface area (Å²) >= 11 is 1.13. The Morgan fingerprint density at radius 3 is 2.50 bits per heavy atom. The first kappa shape index (κ1) is 21.8. The number of nitrogens with one attached hydrogen (secondary N) is 2. The minimum Gasteiger partial charge on any atom is -0.459 e. The van der Waals surface area contributed by atoms with Crippen LogP contribution in [-0.4, -0.2) is 38.6 Å². The van der Waals surface area contributed by atoms with Crippen LogP contribution in [-0.2, 0) is 16.6 Å². The zero-order chi connectivity index (χ0) is 21.9. The Labute approximate surface area is 178 Å². The molecule has 2 aromatic heterocycles. The van der Waals surface area contributed by atoms with Crippen molar-refractivity contribution in [3.63, 3.8) is 0 Å². The molecule has 0 aliphatic heterocycles. The number of anilines is 1. The zero-order valence-corrected chi connectivity index (χ0v) is 18.3. The monoisotopic (exact) mass is 447 g/mol. The van der Waals surface area contributed by atoms with Crippen molar-refractivity contribution in [3.05, 3.63) is 70.5 Å². The van der Waals surface area contributed by atoms with Crippen molar-refractivity contribution < 1.29 is 22.4 Å². The molecule has 2 N–H and O–H groups in total. The third-order valence-corrected chi connectivity index (χ3v) is 7.34. The van der Waals surface area contributed by atoms with Gasteiger partial charge in [-0.15, -0.1) is 11.3 Å². The maximum absolute atomic E-state index is 12.7. The summed E-state index contributed by atoms with van der Waals surface area (Å²) in [5.41, 5.74) is 1.18. The van der Waals surface area contributed by atoms with Gasteiger partial charge in [-0.1, -0.05) is 18.2 Å². The molecule has 3 aromatic rings. The molecule has 3 rings (SSSR count). The summed E-state index contributed by atoms with van der Waals surface area (Å²) in [4.78, 5) is 25.3. The number of nitrogens with zero attached hydrogens (tertiary/aromatic N) is 1. The van der Waals surface area contributed by atoms with Gasteiger partial charge in [0.15, 0.2) is 5.76 Å². The van der Waals surface area contributed by atoms with E-state index in [-0.39, 0.29) is 23.1 Å². The molecule has 0 aliphatic rings. The maximum atomic E-state index is 12.7. The highest BCUT2D eigenvalue weighted by Gasteiger charge is 2.22. The highest BCUT2D eigenvalue weighted by atomic mass is 32.2. The van der Waals surface area contributed by atoms with Crippen LogP contribution in [0.15, 0.2) is 58.0 Å². The number of carbonyl (C=O) groups excluding carboxylic acids is 2. The average Bonchev–Trinajstić information content (AvgIpc) is 3.36. The third-order valence-electron chi connectivity index (χ3n) is 4.28. The van der Waals surface area contributed by atoms with Crippen LogP contribution < -0.4 is 10.6 Å². The fraction of sp³-hybridized carbons (Fsp3) is 0.200. The second kappa shape index (κ2) is 8.82.